The number of rotatable bonds is 9. The van der Waals surface area contributed by atoms with E-state index in [2.05, 4.69) is 22.5 Å². The second kappa shape index (κ2) is 14.8. The lowest BCUT2D eigenvalue weighted by atomic mass is 9.92. The van der Waals surface area contributed by atoms with Gasteiger partial charge in [-0.1, -0.05) is 25.3 Å². The number of aliphatic hydroxyl groups is 1. The van der Waals surface area contributed by atoms with Crippen LogP contribution in [0.15, 0.2) is 23.2 Å². The Kier molecular flexibility index (Phi) is 12.5. The smallest absolute Gasteiger partial charge is 0.191 e. The number of methoxy groups -OCH3 is 1. The van der Waals surface area contributed by atoms with Crippen LogP contribution in [0.25, 0.3) is 0 Å². The quantitative estimate of drug-likeness (QED) is 0.244. The lowest BCUT2D eigenvalue weighted by Crippen LogP contribution is -2.50. The van der Waals surface area contributed by atoms with E-state index in [9.17, 15) is 0 Å². The van der Waals surface area contributed by atoms with Gasteiger partial charge in [-0.25, -0.2) is 4.99 Å². The zero-order valence-electron chi connectivity index (χ0n) is 19.6. The Morgan fingerprint density at radius 3 is 2.53 bits per heavy atom. The number of benzene rings is 1. The molecule has 182 valence electrons. The minimum Gasteiger partial charge on any atom is -0.493 e. The summed E-state index contributed by atoms with van der Waals surface area (Å²) in [6.45, 7) is 6.10. The SMILES string of the molecule is CCNC(=NCc1ccc(OCCO)c(OC)c1)NC1CCN(C2CCCCC2)CC1.I. The molecule has 1 heterocycles. The number of hydrogen-bond acceptors (Lipinski definition) is 5. The Morgan fingerprint density at radius 2 is 1.88 bits per heavy atom. The molecule has 1 saturated carbocycles. The molecule has 0 unspecified atom stereocenters. The number of guanidine groups is 1. The molecule has 3 N–H and O–H groups in total. The molecule has 2 fully saturated rings. The maximum Gasteiger partial charge on any atom is 0.191 e. The summed E-state index contributed by atoms with van der Waals surface area (Å²) < 4.78 is 10.9. The Morgan fingerprint density at radius 1 is 1.12 bits per heavy atom. The standard InChI is InChI=1S/C24H40N4O3.HI/c1-3-25-24(26-18-19-9-10-22(31-16-15-29)23(17-19)30-2)27-20-11-13-28(14-12-20)21-7-5-4-6-8-21;/h9-10,17,20-21,29H,3-8,11-16,18H2,1-2H3,(H2,25,26,27);1H. The van der Waals surface area contributed by atoms with Crippen molar-refractivity contribution in [1.29, 1.82) is 0 Å². The maximum absolute atomic E-state index is 8.96. The van der Waals surface area contributed by atoms with Crippen molar-refractivity contribution >= 4 is 29.9 Å². The highest BCUT2D eigenvalue weighted by atomic mass is 127. The summed E-state index contributed by atoms with van der Waals surface area (Å²) in [5.74, 6) is 2.17. The molecule has 3 rings (SSSR count). The van der Waals surface area contributed by atoms with Gasteiger partial charge in [0.1, 0.15) is 6.61 Å². The van der Waals surface area contributed by atoms with Gasteiger partial charge in [0.2, 0.25) is 0 Å². The van der Waals surface area contributed by atoms with E-state index in [0.717, 1.165) is 24.1 Å². The minimum atomic E-state index is -0.0213. The predicted molar refractivity (Wildman–Crippen MR) is 140 cm³/mol. The minimum absolute atomic E-state index is 0. The third-order valence-corrected chi connectivity index (χ3v) is 6.30. The number of ether oxygens (including phenoxy) is 2. The van der Waals surface area contributed by atoms with Gasteiger partial charge < -0.3 is 30.1 Å². The molecule has 0 aromatic heterocycles. The lowest BCUT2D eigenvalue weighted by Gasteiger charge is -2.39. The number of hydrogen-bond donors (Lipinski definition) is 3. The van der Waals surface area contributed by atoms with Crippen LogP contribution in [0.1, 0.15) is 57.4 Å². The Hall–Kier alpha value is -1.26. The van der Waals surface area contributed by atoms with E-state index in [4.69, 9.17) is 19.6 Å². The molecule has 0 spiro atoms. The molecule has 1 aromatic carbocycles. The molecule has 2 aliphatic rings. The summed E-state index contributed by atoms with van der Waals surface area (Å²) in [7, 11) is 1.62. The van der Waals surface area contributed by atoms with Gasteiger partial charge in [0.05, 0.1) is 20.3 Å². The first-order chi connectivity index (χ1) is 15.2. The number of likely N-dealkylation sites (tertiary alicyclic amines) is 1. The molecule has 0 amide bonds. The van der Waals surface area contributed by atoms with E-state index >= 15 is 0 Å². The monoisotopic (exact) mass is 560 g/mol. The van der Waals surface area contributed by atoms with E-state index in [1.54, 1.807) is 7.11 Å². The molecule has 1 aromatic rings. The summed E-state index contributed by atoms with van der Waals surface area (Å²) in [4.78, 5) is 7.51. The molecule has 0 radical (unpaired) electrons. The molecule has 8 heteroatoms. The number of nitrogens with one attached hydrogen (secondary N) is 2. The molecule has 7 nitrogen and oxygen atoms in total. The Bertz CT molecular complexity index is 690. The summed E-state index contributed by atoms with van der Waals surface area (Å²) in [5, 5.41) is 16.0. The number of piperidine rings is 1. The first kappa shape index (κ1) is 27.0. The van der Waals surface area contributed by atoms with Crippen molar-refractivity contribution in [1.82, 2.24) is 15.5 Å². The first-order valence-electron chi connectivity index (χ1n) is 11.9. The molecule has 32 heavy (non-hydrogen) atoms. The fraction of sp³-hybridized carbons (Fsp3) is 0.708. The summed E-state index contributed by atoms with van der Waals surface area (Å²) in [6.07, 6.45) is 9.34. The van der Waals surface area contributed by atoms with Gasteiger partial charge in [0.25, 0.3) is 0 Å². The first-order valence-corrected chi connectivity index (χ1v) is 11.9. The van der Waals surface area contributed by atoms with Crippen molar-refractivity contribution in [2.24, 2.45) is 4.99 Å². The van der Waals surface area contributed by atoms with E-state index in [-0.39, 0.29) is 37.2 Å². The highest BCUT2D eigenvalue weighted by Crippen LogP contribution is 2.28. The zero-order valence-corrected chi connectivity index (χ0v) is 22.0. The van der Waals surface area contributed by atoms with Crippen LogP contribution in [-0.2, 0) is 6.54 Å². The maximum atomic E-state index is 8.96. The lowest BCUT2D eigenvalue weighted by molar-refractivity contribution is 0.119. The molecule has 1 saturated heterocycles. The fourth-order valence-electron chi connectivity index (χ4n) is 4.62. The normalized spacial score (nSPS) is 18.7. The van der Waals surface area contributed by atoms with Crippen molar-refractivity contribution < 1.29 is 14.6 Å². The highest BCUT2D eigenvalue weighted by Gasteiger charge is 2.26. The van der Waals surface area contributed by atoms with Crippen LogP contribution in [0, 0.1) is 0 Å². The van der Waals surface area contributed by atoms with Crippen molar-refractivity contribution in [3.05, 3.63) is 23.8 Å². The fourth-order valence-corrected chi connectivity index (χ4v) is 4.62. The molecule has 1 aliphatic heterocycles. The molecular formula is C24H41IN4O3. The van der Waals surface area contributed by atoms with Crippen LogP contribution in [0.4, 0.5) is 0 Å². The summed E-state index contributed by atoms with van der Waals surface area (Å²) in [5.41, 5.74) is 1.05. The van der Waals surface area contributed by atoms with Gasteiger partial charge in [-0.05, 0) is 50.3 Å². The highest BCUT2D eigenvalue weighted by molar-refractivity contribution is 14.0. The van der Waals surface area contributed by atoms with Crippen LogP contribution in [0.2, 0.25) is 0 Å². The second-order valence-electron chi connectivity index (χ2n) is 8.50. The summed E-state index contributed by atoms with van der Waals surface area (Å²) >= 11 is 0. The second-order valence-corrected chi connectivity index (χ2v) is 8.50. The van der Waals surface area contributed by atoms with Gasteiger partial charge in [-0.3, -0.25) is 0 Å². The van der Waals surface area contributed by atoms with Crippen molar-refractivity contribution in [3.8, 4) is 11.5 Å². The molecular weight excluding hydrogens is 519 g/mol. The third-order valence-electron chi connectivity index (χ3n) is 6.30. The Labute approximate surface area is 210 Å². The van der Waals surface area contributed by atoms with Crippen LogP contribution >= 0.6 is 24.0 Å². The van der Waals surface area contributed by atoms with E-state index in [0.29, 0.717) is 24.1 Å². The largest absolute Gasteiger partial charge is 0.493 e. The van der Waals surface area contributed by atoms with Gasteiger partial charge in [-0.2, -0.15) is 0 Å². The van der Waals surface area contributed by atoms with Crippen molar-refractivity contribution in [3.63, 3.8) is 0 Å². The Balaban J connectivity index is 0.00000363. The van der Waals surface area contributed by atoms with Gasteiger partial charge in [0.15, 0.2) is 17.5 Å². The van der Waals surface area contributed by atoms with Crippen LogP contribution in [-0.4, -0.2) is 68.0 Å². The molecule has 0 bridgehead atoms. The van der Waals surface area contributed by atoms with Crippen LogP contribution in [0.5, 0.6) is 11.5 Å². The third kappa shape index (κ3) is 8.26. The number of nitrogens with zero attached hydrogens (tertiary/aromatic N) is 2. The van der Waals surface area contributed by atoms with E-state index in [1.165, 1.54) is 58.0 Å². The summed E-state index contributed by atoms with van der Waals surface area (Å²) in [6, 6.07) is 7.10. The van der Waals surface area contributed by atoms with Gasteiger partial charge >= 0.3 is 0 Å². The predicted octanol–water partition coefficient (Wildman–Crippen LogP) is 3.54. The number of aliphatic hydroxyl groups excluding tert-OH is 1. The van der Waals surface area contributed by atoms with Crippen LogP contribution < -0.4 is 20.1 Å². The number of aliphatic imine (C=N–C) groups is 1. The van der Waals surface area contributed by atoms with Gasteiger partial charge in [0, 0.05) is 31.7 Å². The molecule has 1 aliphatic carbocycles. The molecule has 0 atom stereocenters. The van der Waals surface area contributed by atoms with E-state index in [1.807, 2.05) is 18.2 Å². The van der Waals surface area contributed by atoms with Gasteiger partial charge in [-0.15, -0.1) is 24.0 Å². The average molecular weight is 561 g/mol. The van der Waals surface area contributed by atoms with E-state index < -0.39 is 0 Å². The number of halogens is 1. The average Bonchev–Trinajstić information content (AvgIpc) is 2.82. The van der Waals surface area contributed by atoms with Crippen molar-refractivity contribution in [2.45, 2.75) is 70.5 Å². The topological polar surface area (TPSA) is 78.4 Å². The zero-order chi connectivity index (χ0) is 21.9. The van der Waals surface area contributed by atoms with Crippen molar-refractivity contribution in [2.75, 3.05) is 40.0 Å². The van der Waals surface area contributed by atoms with Crippen LogP contribution in [0.3, 0.4) is 0 Å².